The number of rotatable bonds is 6. The lowest BCUT2D eigenvalue weighted by atomic mass is 9.49. The molecule has 258 valence electrons. The fourth-order valence-corrected chi connectivity index (χ4v) is 9.47. The average molecular weight is 767 g/mol. The number of nitrogens with one attached hydrogen (secondary N) is 1. The van der Waals surface area contributed by atoms with E-state index in [1.165, 1.54) is 12.0 Å². The van der Waals surface area contributed by atoms with Gasteiger partial charge in [0.2, 0.25) is 11.8 Å². The van der Waals surface area contributed by atoms with Gasteiger partial charge in [-0.25, -0.2) is 0 Å². The Kier molecular flexibility index (Phi) is 8.07. The van der Waals surface area contributed by atoms with Gasteiger partial charge in [0.1, 0.15) is 0 Å². The number of phenolic OH excluding ortho intramolecular Hbond substituents is 1. The fourth-order valence-electron chi connectivity index (χ4n) is 8.88. The lowest BCUT2D eigenvalue weighted by Gasteiger charge is -2.50. The van der Waals surface area contributed by atoms with Crippen LogP contribution in [0.25, 0.3) is 0 Å². The van der Waals surface area contributed by atoms with Crippen molar-refractivity contribution in [2.75, 3.05) is 17.4 Å². The smallest absolute Gasteiger partial charge is 0.260 e. The van der Waals surface area contributed by atoms with Crippen molar-refractivity contribution in [1.29, 1.82) is 0 Å². The summed E-state index contributed by atoms with van der Waals surface area (Å²) in [4.78, 5) is 59.8. The molecule has 0 radical (unpaired) electrons. The Bertz CT molecular complexity index is 2140. The van der Waals surface area contributed by atoms with Crippen molar-refractivity contribution >= 4 is 62.5 Å². The van der Waals surface area contributed by atoms with Crippen molar-refractivity contribution in [3.63, 3.8) is 0 Å². The summed E-state index contributed by atoms with van der Waals surface area (Å²) in [5.74, 6) is -5.05. The number of nitrogens with zero attached hydrogens (tertiary/aromatic N) is 2. The number of benzene rings is 4. The first-order valence-electron chi connectivity index (χ1n) is 16.7. The van der Waals surface area contributed by atoms with Crippen LogP contribution in [0.3, 0.4) is 0 Å². The molecular weight excluding hydrogens is 734 g/mol. The molecule has 2 N–H and O–H groups in total. The highest BCUT2D eigenvalue weighted by Gasteiger charge is 2.70. The summed E-state index contributed by atoms with van der Waals surface area (Å²) in [7, 11) is 1.45. The number of amides is 4. The molecule has 6 atom stereocenters. The zero-order valence-electron chi connectivity index (χ0n) is 27.7. The Hall–Kier alpha value is -4.93. The van der Waals surface area contributed by atoms with Crippen LogP contribution in [0.5, 0.6) is 11.5 Å². The predicted octanol–water partition coefficient (Wildman–Crippen LogP) is 7.31. The summed E-state index contributed by atoms with van der Waals surface area (Å²) in [6, 6.07) is 26.7. The van der Waals surface area contributed by atoms with Crippen molar-refractivity contribution in [2.24, 2.45) is 23.7 Å². The van der Waals surface area contributed by atoms with Crippen molar-refractivity contribution in [1.82, 2.24) is 5.01 Å². The van der Waals surface area contributed by atoms with Gasteiger partial charge in [0, 0.05) is 10.9 Å². The fraction of sp³-hybridized carbons (Fsp3) is 0.250. The number of methoxy groups -OCH3 is 1. The minimum absolute atomic E-state index is 0.108. The molecule has 0 spiro atoms. The number of allylic oxidation sites excluding steroid dienone is 2. The van der Waals surface area contributed by atoms with Crippen LogP contribution in [-0.2, 0) is 24.6 Å². The number of hydrogen-bond acceptors (Lipinski definition) is 7. The van der Waals surface area contributed by atoms with Crippen LogP contribution in [0.1, 0.15) is 35.4 Å². The average Bonchev–Trinajstić information content (AvgIpc) is 3.51. The SMILES string of the molecule is COc1cc([C@H]2C3=CC[C@@H]4C(=O)N(c5ccc(Cl)cc5)C(=O)[C@@H]4[C@@H]3C[C@H]3C(=O)N(Nc4ccc(C)cc4)C(=O)[C@@]23c2ccccc2)cc(Br)c1O. The third kappa shape index (κ3) is 4.94. The lowest BCUT2D eigenvalue weighted by Crippen LogP contribution is -2.53. The number of imide groups is 2. The molecule has 3 fully saturated rings. The van der Waals surface area contributed by atoms with Crippen LogP contribution < -0.4 is 15.1 Å². The van der Waals surface area contributed by atoms with E-state index >= 15 is 4.79 Å². The zero-order valence-corrected chi connectivity index (χ0v) is 30.0. The number of aryl methyl sites for hydroxylation is 1. The van der Waals surface area contributed by atoms with E-state index in [-0.39, 0.29) is 36.2 Å². The highest BCUT2D eigenvalue weighted by molar-refractivity contribution is 9.10. The van der Waals surface area contributed by atoms with Crippen LogP contribution in [0.2, 0.25) is 5.02 Å². The molecule has 2 saturated heterocycles. The van der Waals surface area contributed by atoms with Crippen LogP contribution in [0.4, 0.5) is 11.4 Å². The van der Waals surface area contributed by atoms with Crippen LogP contribution >= 0.6 is 27.5 Å². The van der Waals surface area contributed by atoms with E-state index < -0.39 is 46.8 Å². The molecule has 4 aliphatic rings. The third-order valence-corrected chi connectivity index (χ3v) is 11.9. The number of carbonyl (C=O) groups excluding carboxylic acids is 4. The second kappa shape index (κ2) is 12.4. The molecule has 8 rings (SSSR count). The van der Waals surface area contributed by atoms with Crippen molar-refractivity contribution in [2.45, 2.75) is 31.1 Å². The highest BCUT2D eigenvalue weighted by atomic mass is 79.9. The largest absolute Gasteiger partial charge is 0.503 e. The summed E-state index contributed by atoms with van der Waals surface area (Å²) in [5, 5.41) is 12.5. The number of hydrogen-bond donors (Lipinski definition) is 2. The summed E-state index contributed by atoms with van der Waals surface area (Å²) >= 11 is 9.63. The quantitative estimate of drug-likeness (QED) is 0.156. The van der Waals surface area contributed by atoms with Crippen LogP contribution in [0, 0.1) is 30.6 Å². The van der Waals surface area contributed by atoms with Gasteiger partial charge in [-0.2, -0.15) is 5.01 Å². The van der Waals surface area contributed by atoms with Gasteiger partial charge in [-0.15, -0.1) is 0 Å². The van der Waals surface area contributed by atoms with E-state index in [0.717, 1.165) is 16.1 Å². The molecule has 4 aromatic rings. The number of phenols is 1. The highest BCUT2D eigenvalue weighted by Crippen LogP contribution is 2.64. The maximum atomic E-state index is 15.3. The van der Waals surface area contributed by atoms with Crippen molar-refractivity contribution in [3.05, 3.63) is 129 Å². The number of hydrazine groups is 1. The monoisotopic (exact) mass is 765 g/mol. The molecule has 51 heavy (non-hydrogen) atoms. The topological polar surface area (TPSA) is 116 Å². The molecule has 4 amide bonds. The van der Waals surface area contributed by atoms with Gasteiger partial charge in [0.05, 0.1) is 46.1 Å². The molecule has 2 aliphatic heterocycles. The van der Waals surface area contributed by atoms with E-state index in [0.29, 0.717) is 32.0 Å². The molecule has 1 saturated carbocycles. The Morgan fingerprint density at radius 1 is 0.902 bits per heavy atom. The number of halogens is 2. The van der Waals surface area contributed by atoms with Crippen LogP contribution in [-0.4, -0.2) is 40.9 Å². The van der Waals surface area contributed by atoms with E-state index in [9.17, 15) is 19.5 Å². The lowest BCUT2D eigenvalue weighted by molar-refractivity contribution is -0.138. The van der Waals surface area contributed by atoms with E-state index in [2.05, 4.69) is 21.4 Å². The number of aromatic hydroxyl groups is 1. The minimum Gasteiger partial charge on any atom is -0.503 e. The molecule has 2 heterocycles. The third-order valence-electron chi connectivity index (χ3n) is 11.1. The molecule has 9 nitrogen and oxygen atoms in total. The normalized spacial score (nSPS) is 26.8. The van der Waals surface area contributed by atoms with Gasteiger partial charge in [-0.3, -0.25) is 29.5 Å². The van der Waals surface area contributed by atoms with E-state index in [4.69, 9.17) is 16.3 Å². The van der Waals surface area contributed by atoms with Gasteiger partial charge in [-0.05, 0) is 101 Å². The number of ether oxygens (including phenoxy) is 1. The molecule has 0 bridgehead atoms. The summed E-state index contributed by atoms with van der Waals surface area (Å²) in [6.45, 7) is 1.95. The maximum Gasteiger partial charge on any atom is 0.260 e. The Morgan fingerprint density at radius 3 is 2.29 bits per heavy atom. The number of anilines is 2. The first-order chi connectivity index (χ1) is 24.6. The van der Waals surface area contributed by atoms with Gasteiger partial charge >= 0.3 is 0 Å². The molecule has 0 aromatic heterocycles. The first kappa shape index (κ1) is 33.2. The zero-order chi connectivity index (χ0) is 35.8. The standard InChI is InChI=1S/C40H33BrClN3O6/c1-21-8-12-25(13-9-21)43-45-37(48)30-20-29-27(16-17-28-33(29)38(49)44(36(28)47)26-14-10-24(42)11-15-26)34(22-18-31(41)35(46)32(19-22)51-2)40(30,39(45)50)23-6-4-3-5-7-23/h3-16,18-19,28-30,33-34,43,46H,17,20H2,1-2H3/t28-,29+,30-,33-,34-,40+/m0/s1. The second-order valence-corrected chi connectivity index (χ2v) is 14.9. The number of fused-ring (bicyclic) bond motifs is 4. The van der Waals surface area contributed by atoms with E-state index in [1.54, 1.807) is 36.4 Å². The molecule has 0 unspecified atom stereocenters. The Labute approximate surface area is 307 Å². The minimum atomic E-state index is -1.45. The van der Waals surface area contributed by atoms with Crippen molar-refractivity contribution in [3.8, 4) is 11.5 Å². The van der Waals surface area contributed by atoms with E-state index in [1.807, 2.05) is 67.6 Å². The van der Waals surface area contributed by atoms with Gasteiger partial charge in [0.15, 0.2) is 11.5 Å². The summed E-state index contributed by atoms with van der Waals surface area (Å²) in [6.07, 6.45) is 2.44. The summed E-state index contributed by atoms with van der Waals surface area (Å²) < 4.78 is 5.93. The number of carbonyl (C=O) groups is 4. The maximum absolute atomic E-state index is 15.3. The first-order valence-corrected chi connectivity index (χ1v) is 17.9. The van der Waals surface area contributed by atoms with Gasteiger partial charge in [-0.1, -0.05) is 71.3 Å². The van der Waals surface area contributed by atoms with Gasteiger partial charge in [0.25, 0.3) is 11.8 Å². The molecule has 11 heteroatoms. The molecule has 2 aliphatic carbocycles. The second-order valence-electron chi connectivity index (χ2n) is 13.6. The molecule has 4 aromatic carbocycles. The molecular formula is C40H33BrClN3O6. The Balaban J connectivity index is 1.34. The Morgan fingerprint density at radius 2 is 1.61 bits per heavy atom. The predicted molar refractivity (Wildman–Crippen MR) is 195 cm³/mol. The van der Waals surface area contributed by atoms with Crippen molar-refractivity contribution < 1.29 is 29.0 Å². The summed E-state index contributed by atoms with van der Waals surface area (Å²) in [5.41, 5.74) is 5.75. The van der Waals surface area contributed by atoms with Gasteiger partial charge < -0.3 is 9.84 Å². The van der Waals surface area contributed by atoms with Crippen LogP contribution in [0.15, 0.2) is 107 Å².